The molecule has 0 spiro atoms. The molecule has 1 fully saturated rings. The van der Waals surface area contributed by atoms with Crippen LogP contribution in [0.2, 0.25) is 0 Å². The molecule has 2 aromatic rings. The fourth-order valence-corrected chi connectivity index (χ4v) is 3.95. The molecule has 5 N–H and O–H groups in total. The van der Waals surface area contributed by atoms with Crippen molar-refractivity contribution in [1.29, 1.82) is 0 Å². The average molecular weight is 417 g/mol. The van der Waals surface area contributed by atoms with Gasteiger partial charge < -0.3 is 43.9 Å². The molecule has 5 unspecified atom stereocenters. The molecular weight excluding hydrogens is 399 g/mol. The molecule has 0 aliphatic heterocycles. The quantitative estimate of drug-likeness (QED) is 0.277. The summed E-state index contributed by atoms with van der Waals surface area (Å²) in [7, 11) is -5.23. The molecule has 1 aromatic heterocycles. The second-order valence-corrected chi connectivity index (χ2v) is 7.76. The van der Waals surface area contributed by atoms with Gasteiger partial charge in [0, 0.05) is 17.5 Å². The number of hydrogen-bond acceptors (Lipinski definition) is 11. The maximum absolute atomic E-state index is 12.2. The molecule has 1 heterocycles. The second kappa shape index (κ2) is 7.54. The van der Waals surface area contributed by atoms with E-state index in [1.54, 1.807) is 6.92 Å². The zero-order chi connectivity index (χ0) is 20.8. The zero-order valence-electron chi connectivity index (χ0n) is 14.4. The van der Waals surface area contributed by atoms with Gasteiger partial charge in [0.1, 0.15) is 48.0 Å². The monoisotopic (exact) mass is 417 g/mol. The summed E-state index contributed by atoms with van der Waals surface area (Å²) in [5.41, 5.74) is 0.0298. The van der Waals surface area contributed by atoms with E-state index in [4.69, 9.17) is 8.94 Å². The topological polar surface area (TPSA) is 190 Å². The third kappa shape index (κ3) is 3.97. The Morgan fingerprint density at radius 3 is 2.18 bits per heavy atom. The van der Waals surface area contributed by atoms with Crippen LogP contribution in [0.25, 0.3) is 11.0 Å². The van der Waals surface area contributed by atoms with E-state index in [0.717, 1.165) is 6.07 Å². The highest BCUT2D eigenvalue weighted by molar-refractivity contribution is 7.46. The number of rotatable bonds is 4. The second-order valence-electron chi connectivity index (χ2n) is 6.47. The molecule has 11 nitrogen and oxygen atoms in total. The Morgan fingerprint density at radius 1 is 1.00 bits per heavy atom. The van der Waals surface area contributed by atoms with E-state index in [0.29, 0.717) is 10.9 Å². The van der Waals surface area contributed by atoms with Crippen molar-refractivity contribution >= 4 is 18.8 Å². The first-order chi connectivity index (χ1) is 13.0. The Hall–Kier alpha value is -1.82. The van der Waals surface area contributed by atoms with Crippen LogP contribution in [0, 0.1) is 6.92 Å². The van der Waals surface area contributed by atoms with Crippen molar-refractivity contribution < 1.29 is 48.5 Å². The number of aliphatic hydroxyl groups excluding tert-OH is 5. The summed E-state index contributed by atoms with van der Waals surface area (Å²) in [6, 6.07) is 5.13. The van der Waals surface area contributed by atoms with Gasteiger partial charge in [-0.2, -0.15) is 0 Å². The van der Waals surface area contributed by atoms with Crippen molar-refractivity contribution in [3.8, 4) is 5.75 Å². The molecule has 1 saturated carbocycles. The highest BCUT2D eigenvalue weighted by Crippen LogP contribution is 2.44. The Balaban J connectivity index is 1.83. The summed E-state index contributed by atoms with van der Waals surface area (Å²) in [4.78, 5) is 23.6. The van der Waals surface area contributed by atoms with E-state index in [1.165, 1.54) is 18.2 Å². The summed E-state index contributed by atoms with van der Waals surface area (Å²) in [5.74, 6) is -0.277. The largest absolute Gasteiger partial charge is 0.746 e. The zero-order valence-corrected chi connectivity index (χ0v) is 15.3. The molecule has 1 aliphatic carbocycles. The van der Waals surface area contributed by atoms with Crippen LogP contribution in [0.15, 0.2) is 33.5 Å². The maximum Gasteiger partial charge on any atom is 0.336 e. The molecule has 0 saturated heterocycles. The van der Waals surface area contributed by atoms with Gasteiger partial charge in [-0.15, -0.1) is 0 Å². The number of aliphatic hydroxyl groups is 5. The summed E-state index contributed by atoms with van der Waals surface area (Å²) in [5, 5.41) is 49.0. The first-order valence-corrected chi connectivity index (χ1v) is 9.60. The lowest BCUT2D eigenvalue weighted by molar-refractivity contribution is -0.255. The highest BCUT2D eigenvalue weighted by Gasteiger charge is 2.50. The molecule has 3 rings (SSSR count). The van der Waals surface area contributed by atoms with Crippen LogP contribution in [0.4, 0.5) is 0 Å². The molecule has 28 heavy (non-hydrogen) atoms. The molecule has 5 atom stereocenters. The average Bonchev–Trinajstić information content (AvgIpc) is 2.61. The van der Waals surface area contributed by atoms with Crippen molar-refractivity contribution in [2.75, 3.05) is 0 Å². The van der Waals surface area contributed by atoms with Gasteiger partial charge in [0.15, 0.2) is 0 Å². The fourth-order valence-electron chi connectivity index (χ4n) is 2.98. The van der Waals surface area contributed by atoms with Crippen molar-refractivity contribution in [2.24, 2.45) is 0 Å². The summed E-state index contributed by atoms with van der Waals surface area (Å²) >= 11 is 0. The molecule has 0 radical (unpaired) electrons. The van der Waals surface area contributed by atoms with Gasteiger partial charge in [0.2, 0.25) is 0 Å². The number of hydrogen-bond donors (Lipinski definition) is 5. The Morgan fingerprint density at radius 2 is 1.57 bits per heavy atom. The lowest BCUT2D eigenvalue weighted by Crippen LogP contribution is -2.64. The lowest BCUT2D eigenvalue weighted by Gasteiger charge is -2.43. The molecule has 1 aromatic carbocycles. The fraction of sp³-hybridized carbons (Fsp3) is 0.438. The van der Waals surface area contributed by atoms with E-state index in [9.17, 15) is 39.8 Å². The van der Waals surface area contributed by atoms with Crippen molar-refractivity contribution in [2.45, 2.75) is 43.5 Å². The number of benzene rings is 1. The Kier molecular flexibility index (Phi) is 5.63. The van der Waals surface area contributed by atoms with Gasteiger partial charge in [-0.05, 0) is 24.6 Å². The molecule has 0 amide bonds. The van der Waals surface area contributed by atoms with Crippen LogP contribution in [0.1, 0.15) is 5.56 Å². The van der Waals surface area contributed by atoms with E-state index < -0.39 is 50.1 Å². The van der Waals surface area contributed by atoms with Gasteiger partial charge in [-0.1, -0.05) is 0 Å². The summed E-state index contributed by atoms with van der Waals surface area (Å²) < 4.78 is 26.5. The van der Waals surface area contributed by atoms with Gasteiger partial charge in [-0.25, -0.2) is 4.79 Å². The van der Waals surface area contributed by atoms with Crippen molar-refractivity contribution in [1.82, 2.24) is 0 Å². The smallest absolute Gasteiger partial charge is 0.336 e. The summed E-state index contributed by atoms with van der Waals surface area (Å²) in [6.45, 7) is 1.66. The SMILES string of the molecule is Cc1cc(=O)oc2cc(OP(=O)([O-])OC3C(O)C(O)C(O)C(O)C3O)ccc12. The Labute approximate surface area is 157 Å². The molecule has 154 valence electrons. The first kappa shape index (κ1) is 20.9. The number of aryl methyl sites for hydroxylation is 1. The maximum atomic E-state index is 12.2. The van der Waals surface area contributed by atoms with E-state index >= 15 is 0 Å². The molecular formula is C16H18O11P-. The lowest BCUT2D eigenvalue weighted by atomic mass is 9.85. The minimum Gasteiger partial charge on any atom is -0.746 e. The van der Waals surface area contributed by atoms with Crippen LogP contribution in [0.3, 0.4) is 0 Å². The van der Waals surface area contributed by atoms with Gasteiger partial charge in [-0.3, -0.25) is 4.57 Å². The minimum absolute atomic E-state index is 0.0641. The summed E-state index contributed by atoms with van der Waals surface area (Å²) in [6.07, 6.45) is -11.8. The van der Waals surface area contributed by atoms with Crippen molar-refractivity contribution in [3.05, 3.63) is 40.2 Å². The number of phosphoric acid groups is 1. The van der Waals surface area contributed by atoms with Crippen LogP contribution < -0.4 is 15.0 Å². The minimum atomic E-state index is -5.23. The number of fused-ring (bicyclic) bond motifs is 1. The van der Waals surface area contributed by atoms with Crippen molar-refractivity contribution in [3.63, 3.8) is 0 Å². The van der Waals surface area contributed by atoms with Crippen LogP contribution in [-0.4, -0.2) is 62.2 Å². The normalized spacial score (nSPS) is 32.8. The standard InChI is InChI=1S/C16H19O11P/c1-6-4-10(17)25-9-5-7(2-3-8(6)9)26-28(23,24)27-16-14(21)12(19)11(18)13(20)15(16)22/h2-5,11-16,18-22H,1H3,(H,23,24)/p-1. The predicted octanol–water partition coefficient (Wildman–Crippen LogP) is -1.85. The first-order valence-electron chi connectivity index (χ1n) is 8.14. The molecule has 12 heteroatoms. The third-order valence-electron chi connectivity index (χ3n) is 4.46. The van der Waals surface area contributed by atoms with E-state index in [2.05, 4.69) is 4.52 Å². The van der Waals surface area contributed by atoms with Crippen LogP contribution >= 0.6 is 7.82 Å². The third-order valence-corrected chi connectivity index (χ3v) is 5.40. The van der Waals surface area contributed by atoms with Gasteiger partial charge in [0.25, 0.3) is 0 Å². The number of phosphoric ester groups is 1. The van der Waals surface area contributed by atoms with Gasteiger partial charge >= 0.3 is 13.4 Å². The predicted molar refractivity (Wildman–Crippen MR) is 90.4 cm³/mol. The molecule has 0 bridgehead atoms. The van der Waals surface area contributed by atoms with Crippen LogP contribution in [0.5, 0.6) is 5.75 Å². The van der Waals surface area contributed by atoms with Gasteiger partial charge in [0.05, 0.1) is 0 Å². The van der Waals surface area contributed by atoms with E-state index in [1.807, 2.05) is 0 Å². The highest BCUT2D eigenvalue weighted by atomic mass is 31.2. The Bertz CT molecular complexity index is 957. The molecule has 1 aliphatic rings. The van der Waals surface area contributed by atoms with E-state index in [-0.39, 0.29) is 11.3 Å². The van der Waals surface area contributed by atoms with Crippen LogP contribution in [-0.2, 0) is 9.09 Å².